The van der Waals surface area contributed by atoms with Crippen molar-refractivity contribution in [3.8, 4) is 0 Å². The predicted molar refractivity (Wildman–Crippen MR) is 137 cm³/mol. The average Bonchev–Trinajstić information content (AvgIpc) is 3.41. The molecule has 0 bridgehead atoms. The number of carbonyl (C=O) groups is 3. The zero-order valence-electron chi connectivity index (χ0n) is 20.1. The van der Waals surface area contributed by atoms with Gasteiger partial charge >= 0.3 is 5.97 Å². The summed E-state index contributed by atoms with van der Waals surface area (Å²) in [6.07, 6.45) is 5.10. The summed E-state index contributed by atoms with van der Waals surface area (Å²) in [5.74, 6) is -1.52. The van der Waals surface area contributed by atoms with Crippen molar-refractivity contribution in [2.24, 2.45) is 0 Å². The normalized spacial score (nSPS) is 14.6. The summed E-state index contributed by atoms with van der Waals surface area (Å²) >= 11 is 1.49. The van der Waals surface area contributed by atoms with E-state index in [4.69, 9.17) is 4.74 Å². The quantitative estimate of drug-likeness (QED) is 0.411. The number of hydrogen-bond donors (Lipinski definition) is 1. The molecule has 2 aromatic carbocycles. The summed E-state index contributed by atoms with van der Waals surface area (Å²) in [5.41, 5.74) is 2.12. The number of rotatable bonds is 8. The SMILES string of the molecule is COC(=O)c1ccc(N(C(=O)Cc2ccsc2)[C@H](C(=O)NC2CCCCC2)c2ccc(F)cc2)cc1. The Hall–Kier alpha value is -3.52. The van der Waals surface area contributed by atoms with E-state index in [0.29, 0.717) is 16.8 Å². The fourth-order valence-electron chi connectivity index (χ4n) is 4.56. The van der Waals surface area contributed by atoms with Gasteiger partial charge in [0.25, 0.3) is 0 Å². The van der Waals surface area contributed by atoms with E-state index in [1.807, 2.05) is 16.8 Å². The number of carbonyl (C=O) groups excluding carboxylic acids is 3. The molecule has 1 atom stereocenters. The molecule has 188 valence electrons. The lowest BCUT2D eigenvalue weighted by molar-refractivity contribution is -0.127. The van der Waals surface area contributed by atoms with Crippen LogP contribution in [0.15, 0.2) is 65.4 Å². The standard InChI is InChI=1S/C28H29FN2O4S/c1-35-28(34)21-9-13-24(14-10-21)31(25(32)17-19-15-16-36-18-19)26(20-7-11-22(29)12-8-20)27(33)30-23-5-3-2-4-6-23/h7-16,18,23,26H,2-6,17H2,1H3,(H,30,33)/t26-/m0/s1. The van der Waals surface area contributed by atoms with Crippen LogP contribution in [0.3, 0.4) is 0 Å². The topological polar surface area (TPSA) is 75.7 Å². The lowest BCUT2D eigenvalue weighted by Crippen LogP contribution is -2.47. The van der Waals surface area contributed by atoms with Gasteiger partial charge in [0.15, 0.2) is 0 Å². The van der Waals surface area contributed by atoms with Gasteiger partial charge in [0.1, 0.15) is 11.9 Å². The Morgan fingerprint density at radius 2 is 1.72 bits per heavy atom. The highest BCUT2D eigenvalue weighted by atomic mass is 32.1. The number of hydrogen-bond acceptors (Lipinski definition) is 5. The lowest BCUT2D eigenvalue weighted by Gasteiger charge is -2.33. The van der Waals surface area contributed by atoms with Gasteiger partial charge in [-0.2, -0.15) is 11.3 Å². The fourth-order valence-corrected chi connectivity index (χ4v) is 5.22. The van der Waals surface area contributed by atoms with Crippen LogP contribution in [0.4, 0.5) is 10.1 Å². The minimum atomic E-state index is -1.01. The average molecular weight is 509 g/mol. The van der Waals surface area contributed by atoms with E-state index >= 15 is 0 Å². The van der Waals surface area contributed by atoms with Crippen molar-refractivity contribution >= 4 is 34.8 Å². The van der Waals surface area contributed by atoms with Gasteiger partial charge in [-0.25, -0.2) is 9.18 Å². The first kappa shape index (κ1) is 25.6. The monoisotopic (exact) mass is 508 g/mol. The fraction of sp³-hybridized carbons (Fsp3) is 0.321. The number of benzene rings is 2. The molecule has 1 aliphatic carbocycles. The highest BCUT2D eigenvalue weighted by molar-refractivity contribution is 7.08. The maximum atomic E-state index is 13.8. The van der Waals surface area contributed by atoms with Gasteiger partial charge in [-0.3, -0.25) is 14.5 Å². The Morgan fingerprint density at radius 3 is 2.33 bits per heavy atom. The maximum absolute atomic E-state index is 13.8. The largest absolute Gasteiger partial charge is 0.465 e. The molecular weight excluding hydrogens is 479 g/mol. The third-order valence-corrected chi connectivity index (χ3v) is 7.15. The molecule has 1 N–H and O–H groups in total. The lowest BCUT2D eigenvalue weighted by atomic mass is 9.94. The van der Waals surface area contributed by atoms with E-state index in [1.165, 1.54) is 47.6 Å². The van der Waals surface area contributed by atoms with E-state index in [-0.39, 0.29) is 24.3 Å². The van der Waals surface area contributed by atoms with Crippen LogP contribution in [0.2, 0.25) is 0 Å². The summed E-state index contributed by atoms with van der Waals surface area (Å²) in [7, 11) is 1.30. The summed E-state index contributed by atoms with van der Waals surface area (Å²) in [5, 5.41) is 6.92. The van der Waals surface area contributed by atoms with Crippen LogP contribution in [-0.4, -0.2) is 30.9 Å². The second-order valence-corrected chi connectivity index (χ2v) is 9.69. The molecule has 8 heteroatoms. The molecule has 2 amide bonds. The van der Waals surface area contributed by atoms with E-state index in [9.17, 15) is 18.8 Å². The molecule has 1 aromatic heterocycles. The van der Waals surface area contributed by atoms with Crippen LogP contribution in [0.25, 0.3) is 0 Å². The molecule has 1 fully saturated rings. The molecule has 36 heavy (non-hydrogen) atoms. The Bertz CT molecular complexity index is 1170. The number of nitrogens with one attached hydrogen (secondary N) is 1. The van der Waals surface area contributed by atoms with Crippen LogP contribution >= 0.6 is 11.3 Å². The molecule has 1 saturated carbocycles. The summed E-state index contributed by atoms with van der Waals surface area (Å²) in [6.45, 7) is 0. The van der Waals surface area contributed by atoms with Crippen LogP contribution < -0.4 is 10.2 Å². The Kier molecular flexibility index (Phi) is 8.48. The third-order valence-electron chi connectivity index (χ3n) is 6.41. The molecular formula is C28H29FN2O4S. The first-order chi connectivity index (χ1) is 17.5. The van der Waals surface area contributed by atoms with E-state index < -0.39 is 17.8 Å². The van der Waals surface area contributed by atoms with Crippen molar-refractivity contribution in [1.82, 2.24) is 5.32 Å². The number of amides is 2. The summed E-state index contributed by atoms with van der Waals surface area (Å²) in [4.78, 5) is 40.9. The Morgan fingerprint density at radius 1 is 1.03 bits per heavy atom. The highest BCUT2D eigenvalue weighted by Gasteiger charge is 2.34. The molecule has 0 radical (unpaired) electrons. The van der Waals surface area contributed by atoms with Gasteiger partial charge in [-0.1, -0.05) is 31.4 Å². The molecule has 0 saturated heterocycles. The zero-order valence-corrected chi connectivity index (χ0v) is 20.9. The first-order valence-electron chi connectivity index (χ1n) is 12.0. The maximum Gasteiger partial charge on any atom is 0.337 e. The van der Waals surface area contributed by atoms with Crippen LogP contribution in [0.5, 0.6) is 0 Å². The third kappa shape index (κ3) is 6.18. The number of halogens is 1. The minimum absolute atomic E-state index is 0.0322. The van der Waals surface area contributed by atoms with E-state index in [1.54, 1.807) is 24.3 Å². The second kappa shape index (κ2) is 11.9. The van der Waals surface area contributed by atoms with Crippen molar-refractivity contribution in [3.63, 3.8) is 0 Å². The Balaban J connectivity index is 1.75. The second-order valence-electron chi connectivity index (χ2n) is 8.91. The number of nitrogens with zero attached hydrogens (tertiary/aromatic N) is 1. The molecule has 1 aliphatic rings. The zero-order chi connectivity index (χ0) is 25.5. The van der Waals surface area contributed by atoms with Gasteiger partial charge in [0, 0.05) is 11.7 Å². The number of thiophene rings is 1. The van der Waals surface area contributed by atoms with Crippen molar-refractivity contribution in [2.45, 2.75) is 50.6 Å². The molecule has 0 aliphatic heterocycles. The number of esters is 1. The van der Waals surface area contributed by atoms with Gasteiger partial charge < -0.3 is 10.1 Å². The van der Waals surface area contributed by atoms with Crippen molar-refractivity contribution in [1.29, 1.82) is 0 Å². The smallest absolute Gasteiger partial charge is 0.337 e. The van der Waals surface area contributed by atoms with Crippen LogP contribution in [-0.2, 0) is 20.7 Å². The number of ether oxygens (including phenoxy) is 1. The van der Waals surface area contributed by atoms with E-state index in [2.05, 4.69) is 5.32 Å². The first-order valence-corrected chi connectivity index (χ1v) is 13.0. The minimum Gasteiger partial charge on any atom is -0.465 e. The van der Waals surface area contributed by atoms with Crippen molar-refractivity contribution in [3.05, 3.63) is 87.9 Å². The van der Waals surface area contributed by atoms with Crippen molar-refractivity contribution < 1.29 is 23.5 Å². The van der Waals surface area contributed by atoms with Gasteiger partial charge in [0.05, 0.1) is 19.1 Å². The Labute approximate surface area is 214 Å². The van der Waals surface area contributed by atoms with Crippen LogP contribution in [0.1, 0.15) is 59.6 Å². The molecule has 3 aromatic rings. The summed E-state index contributed by atoms with van der Waals surface area (Å²) in [6, 6.07) is 12.9. The number of anilines is 1. The molecule has 6 nitrogen and oxygen atoms in total. The van der Waals surface area contributed by atoms with Gasteiger partial charge in [-0.15, -0.1) is 0 Å². The molecule has 0 unspecified atom stereocenters. The van der Waals surface area contributed by atoms with Crippen molar-refractivity contribution in [2.75, 3.05) is 12.0 Å². The molecule has 1 heterocycles. The van der Waals surface area contributed by atoms with Gasteiger partial charge in [0.2, 0.25) is 11.8 Å². The highest BCUT2D eigenvalue weighted by Crippen LogP contribution is 2.31. The summed E-state index contributed by atoms with van der Waals surface area (Å²) < 4.78 is 18.6. The number of methoxy groups -OCH3 is 1. The van der Waals surface area contributed by atoms with Crippen LogP contribution in [0, 0.1) is 5.82 Å². The van der Waals surface area contributed by atoms with Gasteiger partial charge in [-0.05, 0) is 77.2 Å². The molecule has 4 rings (SSSR count). The predicted octanol–water partition coefficient (Wildman–Crippen LogP) is 5.44. The molecule has 0 spiro atoms. The van der Waals surface area contributed by atoms with E-state index in [0.717, 1.165) is 37.7 Å².